The van der Waals surface area contributed by atoms with Crippen LogP contribution in [0, 0.1) is 5.92 Å². The Morgan fingerprint density at radius 2 is 2.00 bits per heavy atom. The van der Waals surface area contributed by atoms with Gasteiger partial charge in [0.1, 0.15) is 0 Å². The first-order valence-corrected chi connectivity index (χ1v) is 5.26. The van der Waals surface area contributed by atoms with Gasteiger partial charge in [0.15, 0.2) is 0 Å². The van der Waals surface area contributed by atoms with Crippen LogP contribution in [-0.2, 0) is 9.47 Å². The quantitative estimate of drug-likeness (QED) is 0.649. The van der Waals surface area contributed by atoms with Gasteiger partial charge >= 0.3 is 0 Å². The SMILES string of the molecule is CO[C@@H]1C[C@@H](C(C)(C)OC)CC=C1C. The van der Waals surface area contributed by atoms with Crippen LogP contribution in [0.15, 0.2) is 11.6 Å². The number of ether oxygens (including phenoxy) is 2. The van der Waals surface area contributed by atoms with Crippen LogP contribution in [0.2, 0.25) is 0 Å². The normalized spacial score (nSPS) is 28.8. The molecular weight excluding hydrogens is 176 g/mol. The molecule has 1 aliphatic carbocycles. The highest BCUT2D eigenvalue weighted by atomic mass is 16.5. The van der Waals surface area contributed by atoms with E-state index in [2.05, 4.69) is 26.8 Å². The van der Waals surface area contributed by atoms with Crippen LogP contribution in [0.3, 0.4) is 0 Å². The van der Waals surface area contributed by atoms with E-state index in [1.54, 1.807) is 14.2 Å². The monoisotopic (exact) mass is 198 g/mol. The van der Waals surface area contributed by atoms with E-state index in [4.69, 9.17) is 9.47 Å². The van der Waals surface area contributed by atoms with E-state index in [1.165, 1.54) is 5.57 Å². The predicted molar refractivity (Wildman–Crippen MR) is 58.4 cm³/mol. The zero-order valence-electron chi connectivity index (χ0n) is 9.96. The maximum absolute atomic E-state index is 5.52. The third-order valence-corrected chi connectivity index (χ3v) is 3.52. The first-order chi connectivity index (χ1) is 6.51. The van der Waals surface area contributed by atoms with Gasteiger partial charge in [0, 0.05) is 14.2 Å². The van der Waals surface area contributed by atoms with Crippen LogP contribution >= 0.6 is 0 Å². The van der Waals surface area contributed by atoms with Crippen LogP contribution in [0.25, 0.3) is 0 Å². The van der Waals surface area contributed by atoms with Gasteiger partial charge in [-0.3, -0.25) is 0 Å². The second-order valence-electron chi connectivity index (χ2n) is 4.65. The third kappa shape index (κ3) is 2.37. The van der Waals surface area contributed by atoms with E-state index >= 15 is 0 Å². The molecule has 0 aliphatic heterocycles. The highest BCUT2D eigenvalue weighted by Crippen LogP contribution is 2.34. The van der Waals surface area contributed by atoms with Crippen molar-refractivity contribution in [2.75, 3.05) is 14.2 Å². The molecular formula is C12H22O2. The third-order valence-electron chi connectivity index (χ3n) is 3.52. The van der Waals surface area contributed by atoms with E-state index in [1.807, 2.05) is 0 Å². The molecule has 0 aromatic rings. The molecule has 82 valence electrons. The summed E-state index contributed by atoms with van der Waals surface area (Å²) in [4.78, 5) is 0. The molecule has 0 saturated heterocycles. The average Bonchev–Trinajstić information content (AvgIpc) is 2.18. The van der Waals surface area contributed by atoms with Crippen molar-refractivity contribution in [1.29, 1.82) is 0 Å². The number of methoxy groups -OCH3 is 2. The lowest BCUT2D eigenvalue weighted by atomic mass is 9.78. The van der Waals surface area contributed by atoms with Gasteiger partial charge in [-0.15, -0.1) is 0 Å². The van der Waals surface area contributed by atoms with Crippen LogP contribution < -0.4 is 0 Å². The van der Waals surface area contributed by atoms with Crippen LogP contribution in [0.1, 0.15) is 33.6 Å². The van der Waals surface area contributed by atoms with Crippen LogP contribution in [0.4, 0.5) is 0 Å². The standard InChI is InChI=1S/C12H22O2/c1-9-6-7-10(8-11(9)13-4)12(2,3)14-5/h6,10-11H,7-8H2,1-5H3/t10-,11+/m0/s1. The molecule has 0 bridgehead atoms. The molecule has 0 N–H and O–H groups in total. The van der Waals surface area contributed by atoms with Crippen molar-refractivity contribution < 1.29 is 9.47 Å². The van der Waals surface area contributed by atoms with Gasteiger partial charge in [-0.1, -0.05) is 6.08 Å². The maximum atomic E-state index is 5.52. The van der Waals surface area contributed by atoms with Gasteiger partial charge in [0.2, 0.25) is 0 Å². The summed E-state index contributed by atoms with van der Waals surface area (Å²) >= 11 is 0. The summed E-state index contributed by atoms with van der Waals surface area (Å²) in [7, 11) is 3.57. The summed E-state index contributed by atoms with van der Waals surface area (Å²) in [5, 5.41) is 0. The average molecular weight is 198 g/mol. The van der Waals surface area contributed by atoms with Gasteiger partial charge in [0.25, 0.3) is 0 Å². The number of hydrogen-bond acceptors (Lipinski definition) is 2. The molecule has 2 atom stereocenters. The summed E-state index contributed by atoms with van der Waals surface area (Å²) in [6, 6.07) is 0. The Labute approximate surface area is 87.3 Å². The summed E-state index contributed by atoms with van der Waals surface area (Å²) < 4.78 is 11.0. The number of rotatable bonds is 3. The topological polar surface area (TPSA) is 18.5 Å². The molecule has 1 rings (SSSR count). The van der Waals surface area contributed by atoms with Gasteiger partial charge in [-0.25, -0.2) is 0 Å². The first-order valence-electron chi connectivity index (χ1n) is 5.26. The Bertz CT molecular complexity index is 218. The van der Waals surface area contributed by atoms with E-state index < -0.39 is 0 Å². The minimum atomic E-state index is -0.0476. The Hall–Kier alpha value is -0.340. The summed E-state index contributed by atoms with van der Waals surface area (Å²) in [5.41, 5.74) is 1.31. The summed E-state index contributed by atoms with van der Waals surface area (Å²) in [5.74, 6) is 0.557. The molecule has 0 aromatic carbocycles. The molecule has 0 spiro atoms. The van der Waals surface area contributed by atoms with Gasteiger partial charge in [-0.2, -0.15) is 0 Å². The van der Waals surface area contributed by atoms with Crippen molar-refractivity contribution in [2.24, 2.45) is 5.92 Å². The number of hydrogen-bond donors (Lipinski definition) is 0. The predicted octanol–water partition coefficient (Wildman–Crippen LogP) is 2.78. The molecule has 0 heterocycles. The maximum Gasteiger partial charge on any atom is 0.0782 e. The van der Waals surface area contributed by atoms with Gasteiger partial charge in [-0.05, 0) is 45.1 Å². The Morgan fingerprint density at radius 3 is 2.50 bits per heavy atom. The van der Waals surface area contributed by atoms with Crippen LogP contribution in [-0.4, -0.2) is 25.9 Å². The lowest BCUT2D eigenvalue weighted by molar-refractivity contribution is -0.0470. The largest absolute Gasteiger partial charge is 0.379 e. The zero-order valence-corrected chi connectivity index (χ0v) is 9.96. The summed E-state index contributed by atoms with van der Waals surface area (Å²) in [6.45, 7) is 6.45. The van der Waals surface area contributed by atoms with Crippen molar-refractivity contribution >= 4 is 0 Å². The molecule has 2 heteroatoms. The second kappa shape index (κ2) is 4.45. The highest BCUT2D eigenvalue weighted by molar-refractivity contribution is 5.11. The van der Waals surface area contributed by atoms with E-state index in [0.29, 0.717) is 5.92 Å². The highest BCUT2D eigenvalue weighted by Gasteiger charge is 2.33. The Balaban J connectivity index is 2.70. The lowest BCUT2D eigenvalue weighted by Crippen LogP contribution is -2.38. The molecule has 0 saturated carbocycles. The fourth-order valence-electron chi connectivity index (χ4n) is 2.02. The summed E-state index contributed by atoms with van der Waals surface area (Å²) in [6.07, 6.45) is 4.73. The van der Waals surface area contributed by atoms with Crippen molar-refractivity contribution in [3.05, 3.63) is 11.6 Å². The molecule has 0 amide bonds. The molecule has 0 unspecified atom stereocenters. The first kappa shape index (κ1) is 11.7. The molecule has 0 radical (unpaired) electrons. The van der Waals surface area contributed by atoms with Gasteiger partial charge < -0.3 is 9.47 Å². The minimum absolute atomic E-state index is 0.0476. The lowest BCUT2D eigenvalue weighted by Gasteiger charge is -2.37. The molecule has 1 aliphatic rings. The van der Waals surface area contributed by atoms with Crippen molar-refractivity contribution in [3.63, 3.8) is 0 Å². The molecule has 0 fully saturated rings. The second-order valence-corrected chi connectivity index (χ2v) is 4.65. The molecule has 0 aromatic heterocycles. The van der Waals surface area contributed by atoms with E-state index in [0.717, 1.165) is 12.8 Å². The van der Waals surface area contributed by atoms with Gasteiger partial charge in [0.05, 0.1) is 11.7 Å². The van der Waals surface area contributed by atoms with Crippen molar-refractivity contribution in [2.45, 2.75) is 45.3 Å². The van der Waals surface area contributed by atoms with Crippen molar-refractivity contribution in [1.82, 2.24) is 0 Å². The number of allylic oxidation sites excluding steroid dienone is 1. The van der Waals surface area contributed by atoms with E-state index in [9.17, 15) is 0 Å². The fraction of sp³-hybridized carbons (Fsp3) is 0.833. The zero-order chi connectivity index (χ0) is 10.8. The molecule has 2 nitrogen and oxygen atoms in total. The molecule has 14 heavy (non-hydrogen) atoms. The van der Waals surface area contributed by atoms with E-state index in [-0.39, 0.29) is 11.7 Å². The van der Waals surface area contributed by atoms with Crippen LogP contribution in [0.5, 0.6) is 0 Å². The fourth-order valence-corrected chi connectivity index (χ4v) is 2.02. The smallest absolute Gasteiger partial charge is 0.0782 e. The minimum Gasteiger partial charge on any atom is -0.379 e. The Morgan fingerprint density at radius 1 is 1.36 bits per heavy atom. The van der Waals surface area contributed by atoms with Crippen molar-refractivity contribution in [3.8, 4) is 0 Å². The Kier molecular flexibility index (Phi) is 3.73.